The number of ether oxygens (including phenoxy) is 1. The van der Waals surface area contributed by atoms with Crippen molar-refractivity contribution in [3.63, 3.8) is 0 Å². The first-order valence-electron chi connectivity index (χ1n) is 8.90. The Morgan fingerprint density at radius 3 is 2.56 bits per heavy atom. The summed E-state index contributed by atoms with van der Waals surface area (Å²) in [6, 6.07) is 10.9. The molecule has 2 aromatic carbocycles. The molecule has 3 rings (SSSR count). The Labute approximate surface area is 157 Å². The summed E-state index contributed by atoms with van der Waals surface area (Å²) < 4.78 is 18.8. The number of para-hydroxylation sites is 1. The van der Waals surface area contributed by atoms with Crippen molar-refractivity contribution < 1.29 is 18.7 Å². The zero-order valence-electron chi connectivity index (χ0n) is 14.9. The van der Waals surface area contributed by atoms with Gasteiger partial charge in [-0.15, -0.1) is 0 Å². The smallest absolute Gasteiger partial charge is 0.262 e. The number of rotatable bonds is 6. The van der Waals surface area contributed by atoms with Crippen LogP contribution in [-0.4, -0.2) is 31.5 Å². The molecule has 3 N–H and O–H groups in total. The van der Waals surface area contributed by atoms with Crippen LogP contribution >= 0.6 is 0 Å². The zero-order valence-corrected chi connectivity index (χ0v) is 14.9. The quantitative estimate of drug-likeness (QED) is 0.818. The van der Waals surface area contributed by atoms with Crippen molar-refractivity contribution >= 4 is 23.2 Å². The third-order valence-electron chi connectivity index (χ3n) is 4.45. The van der Waals surface area contributed by atoms with Crippen LogP contribution in [0.3, 0.4) is 0 Å². The number of benzene rings is 2. The van der Waals surface area contributed by atoms with Gasteiger partial charge in [0.1, 0.15) is 0 Å². The summed E-state index contributed by atoms with van der Waals surface area (Å²) in [7, 11) is 0. The molecule has 7 heteroatoms. The Kier molecular flexibility index (Phi) is 5.90. The zero-order chi connectivity index (χ0) is 19.2. The number of primary amides is 1. The van der Waals surface area contributed by atoms with Crippen molar-refractivity contribution in [2.24, 2.45) is 5.73 Å². The molecule has 142 valence electrons. The largest absolute Gasteiger partial charge is 0.481 e. The van der Waals surface area contributed by atoms with Crippen LogP contribution in [0.2, 0.25) is 0 Å². The minimum atomic E-state index is -0.571. The molecule has 0 aromatic heterocycles. The summed E-state index contributed by atoms with van der Waals surface area (Å²) in [6.07, 6.45) is 3.32. The fourth-order valence-electron chi connectivity index (χ4n) is 3.09. The van der Waals surface area contributed by atoms with Crippen molar-refractivity contribution in [2.75, 3.05) is 29.9 Å². The number of halogens is 1. The average molecular weight is 371 g/mol. The number of nitrogens with two attached hydrogens (primary N) is 1. The van der Waals surface area contributed by atoms with E-state index in [9.17, 15) is 14.0 Å². The number of carbonyl (C=O) groups is 2. The van der Waals surface area contributed by atoms with Gasteiger partial charge in [-0.2, -0.15) is 0 Å². The SMILES string of the molecule is NC(=O)c1ccc(N2CCCCC2)c(NC(=O)COc2ccccc2F)c1. The van der Waals surface area contributed by atoms with Crippen LogP contribution in [-0.2, 0) is 4.79 Å². The minimum Gasteiger partial charge on any atom is -0.481 e. The molecule has 6 nitrogen and oxygen atoms in total. The van der Waals surface area contributed by atoms with Gasteiger partial charge in [0.15, 0.2) is 18.2 Å². The number of hydrogen-bond donors (Lipinski definition) is 2. The van der Waals surface area contributed by atoms with Crippen LogP contribution in [0.5, 0.6) is 5.75 Å². The monoisotopic (exact) mass is 371 g/mol. The standard InChI is InChI=1S/C20H22FN3O3/c21-15-6-2-3-7-18(15)27-13-19(25)23-16-12-14(20(22)26)8-9-17(16)24-10-4-1-5-11-24/h2-3,6-9,12H,1,4-5,10-11,13H2,(H2,22,26)(H,23,25). The topological polar surface area (TPSA) is 84.7 Å². The van der Waals surface area contributed by atoms with Crippen LogP contribution in [0, 0.1) is 5.82 Å². The van der Waals surface area contributed by atoms with Gasteiger partial charge in [-0.25, -0.2) is 4.39 Å². The van der Waals surface area contributed by atoms with E-state index in [4.69, 9.17) is 10.5 Å². The predicted octanol–water partition coefficient (Wildman–Crippen LogP) is 2.93. The third kappa shape index (κ3) is 4.75. The molecular weight excluding hydrogens is 349 g/mol. The van der Waals surface area contributed by atoms with E-state index < -0.39 is 17.6 Å². The normalized spacial score (nSPS) is 13.9. The number of anilines is 2. The van der Waals surface area contributed by atoms with Crippen LogP contribution in [0.25, 0.3) is 0 Å². The third-order valence-corrected chi connectivity index (χ3v) is 4.45. The maximum Gasteiger partial charge on any atom is 0.262 e. The molecule has 0 saturated carbocycles. The molecule has 0 spiro atoms. The molecule has 0 aliphatic carbocycles. The summed E-state index contributed by atoms with van der Waals surface area (Å²) in [6.45, 7) is 1.41. The predicted molar refractivity (Wildman–Crippen MR) is 102 cm³/mol. The van der Waals surface area contributed by atoms with Crippen LogP contribution in [0.4, 0.5) is 15.8 Å². The maximum atomic E-state index is 13.6. The van der Waals surface area contributed by atoms with Crippen molar-refractivity contribution in [3.05, 3.63) is 53.8 Å². The Morgan fingerprint density at radius 2 is 1.85 bits per heavy atom. The summed E-state index contributed by atoms with van der Waals surface area (Å²) >= 11 is 0. The van der Waals surface area contributed by atoms with Crippen LogP contribution < -0.4 is 20.7 Å². The molecular formula is C20H22FN3O3. The van der Waals surface area contributed by atoms with E-state index in [-0.39, 0.29) is 12.4 Å². The second kappa shape index (κ2) is 8.53. The number of nitrogens with zero attached hydrogens (tertiary/aromatic N) is 1. The summed E-state index contributed by atoms with van der Waals surface area (Å²) in [5, 5.41) is 2.76. The van der Waals surface area contributed by atoms with Gasteiger partial charge in [0, 0.05) is 18.7 Å². The lowest BCUT2D eigenvalue weighted by molar-refractivity contribution is -0.118. The van der Waals surface area contributed by atoms with Gasteiger partial charge in [0.05, 0.1) is 11.4 Å². The molecule has 0 unspecified atom stereocenters. The lowest BCUT2D eigenvalue weighted by Crippen LogP contribution is -2.31. The number of amides is 2. The first-order valence-corrected chi connectivity index (χ1v) is 8.90. The van der Waals surface area contributed by atoms with E-state index in [1.54, 1.807) is 30.3 Å². The number of hydrogen-bond acceptors (Lipinski definition) is 4. The highest BCUT2D eigenvalue weighted by molar-refractivity contribution is 5.99. The van der Waals surface area contributed by atoms with Crippen molar-refractivity contribution in [1.29, 1.82) is 0 Å². The highest BCUT2D eigenvalue weighted by Crippen LogP contribution is 2.29. The van der Waals surface area contributed by atoms with Gasteiger partial charge in [0.2, 0.25) is 5.91 Å². The lowest BCUT2D eigenvalue weighted by Gasteiger charge is -2.30. The fourth-order valence-corrected chi connectivity index (χ4v) is 3.09. The van der Waals surface area contributed by atoms with E-state index in [0.717, 1.165) is 31.6 Å². The molecule has 1 fully saturated rings. The summed E-state index contributed by atoms with van der Waals surface area (Å²) in [5.41, 5.74) is 7.00. The Bertz CT molecular complexity index is 835. The van der Waals surface area contributed by atoms with E-state index in [1.807, 2.05) is 0 Å². The first-order chi connectivity index (χ1) is 13.0. The molecule has 0 bridgehead atoms. The van der Waals surface area contributed by atoms with E-state index in [1.165, 1.54) is 18.6 Å². The number of piperidine rings is 1. The van der Waals surface area contributed by atoms with Gasteiger partial charge in [0.25, 0.3) is 5.91 Å². The number of nitrogens with one attached hydrogen (secondary N) is 1. The van der Waals surface area contributed by atoms with Crippen molar-refractivity contribution in [3.8, 4) is 5.75 Å². The van der Waals surface area contributed by atoms with E-state index >= 15 is 0 Å². The lowest BCUT2D eigenvalue weighted by atomic mass is 10.1. The molecule has 1 aliphatic rings. The van der Waals surface area contributed by atoms with E-state index in [0.29, 0.717) is 11.3 Å². The molecule has 1 heterocycles. The molecule has 2 amide bonds. The average Bonchev–Trinajstić information content (AvgIpc) is 2.68. The number of carbonyl (C=O) groups excluding carboxylic acids is 2. The minimum absolute atomic E-state index is 0.00907. The Morgan fingerprint density at radius 1 is 1.11 bits per heavy atom. The van der Waals surface area contributed by atoms with Crippen molar-refractivity contribution in [2.45, 2.75) is 19.3 Å². The highest BCUT2D eigenvalue weighted by Gasteiger charge is 2.18. The molecule has 1 saturated heterocycles. The highest BCUT2D eigenvalue weighted by atomic mass is 19.1. The summed E-state index contributed by atoms with van der Waals surface area (Å²) in [4.78, 5) is 26.0. The van der Waals surface area contributed by atoms with Gasteiger partial charge in [-0.3, -0.25) is 9.59 Å². The fraction of sp³-hybridized carbons (Fsp3) is 0.300. The Balaban J connectivity index is 1.74. The van der Waals surface area contributed by atoms with Gasteiger partial charge >= 0.3 is 0 Å². The molecule has 2 aromatic rings. The second-order valence-corrected chi connectivity index (χ2v) is 6.41. The van der Waals surface area contributed by atoms with Crippen molar-refractivity contribution in [1.82, 2.24) is 0 Å². The van der Waals surface area contributed by atoms with E-state index in [2.05, 4.69) is 10.2 Å². The Hall–Kier alpha value is -3.09. The van der Waals surface area contributed by atoms with Crippen LogP contribution in [0.15, 0.2) is 42.5 Å². The molecule has 0 atom stereocenters. The second-order valence-electron chi connectivity index (χ2n) is 6.41. The molecule has 27 heavy (non-hydrogen) atoms. The maximum absolute atomic E-state index is 13.6. The molecule has 1 aliphatic heterocycles. The van der Waals surface area contributed by atoms with Gasteiger partial charge in [-0.05, 0) is 49.6 Å². The van der Waals surface area contributed by atoms with Gasteiger partial charge < -0.3 is 20.7 Å². The van der Waals surface area contributed by atoms with Crippen LogP contribution in [0.1, 0.15) is 29.6 Å². The summed E-state index contributed by atoms with van der Waals surface area (Å²) in [5.74, 6) is -1.54. The van der Waals surface area contributed by atoms with Gasteiger partial charge in [-0.1, -0.05) is 12.1 Å². The first kappa shape index (κ1) is 18.7. The molecule has 0 radical (unpaired) electrons.